The summed E-state index contributed by atoms with van der Waals surface area (Å²) in [5.41, 5.74) is 2.80. The molecule has 26 heavy (non-hydrogen) atoms. The molecule has 0 atom stereocenters. The van der Waals surface area contributed by atoms with Crippen LogP contribution in [0, 0.1) is 6.92 Å². The van der Waals surface area contributed by atoms with Crippen molar-refractivity contribution in [2.75, 3.05) is 11.4 Å². The van der Waals surface area contributed by atoms with Crippen molar-refractivity contribution in [3.05, 3.63) is 58.6 Å². The number of anilines is 1. The summed E-state index contributed by atoms with van der Waals surface area (Å²) in [6.07, 6.45) is 0. The van der Waals surface area contributed by atoms with Crippen LogP contribution in [0.3, 0.4) is 0 Å². The fourth-order valence-corrected chi connectivity index (χ4v) is 5.83. The largest absolute Gasteiger partial charge is 0.288 e. The Morgan fingerprint density at radius 1 is 1.19 bits per heavy atom. The fourth-order valence-electron chi connectivity index (χ4n) is 2.57. The van der Waals surface area contributed by atoms with E-state index in [9.17, 15) is 13.2 Å². The van der Waals surface area contributed by atoms with Crippen molar-refractivity contribution in [2.45, 2.75) is 11.1 Å². The average molecular weight is 411 g/mol. The number of nitrogens with zero attached hydrogens (tertiary/aromatic N) is 1. The first-order valence-corrected chi connectivity index (χ1v) is 10.1. The SMILES string of the molecule is Cc1c(S(=O)(=O)N(C)c2ccc(C(=O)NO)cc2)sc2ccc(Cl)cc12. The summed E-state index contributed by atoms with van der Waals surface area (Å²) in [7, 11) is -2.33. The molecular formula is C17H15ClN2O4S2. The molecule has 9 heteroatoms. The Bertz CT molecular complexity index is 1090. The third kappa shape index (κ3) is 3.16. The molecule has 6 nitrogen and oxygen atoms in total. The summed E-state index contributed by atoms with van der Waals surface area (Å²) in [6, 6.07) is 11.2. The third-order valence-corrected chi connectivity index (χ3v) is 7.94. The molecule has 1 aromatic heterocycles. The van der Waals surface area contributed by atoms with Crippen molar-refractivity contribution in [3.8, 4) is 0 Å². The van der Waals surface area contributed by atoms with Crippen LogP contribution < -0.4 is 9.79 Å². The Morgan fingerprint density at radius 3 is 2.46 bits per heavy atom. The lowest BCUT2D eigenvalue weighted by Crippen LogP contribution is -2.26. The molecular weight excluding hydrogens is 396 g/mol. The maximum absolute atomic E-state index is 13.1. The maximum Gasteiger partial charge on any atom is 0.274 e. The number of fused-ring (bicyclic) bond motifs is 1. The zero-order valence-corrected chi connectivity index (χ0v) is 16.2. The minimum Gasteiger partial charge on any atom is -0.288 e. The van der Waals surface area contributed by atoms with Crippen LogP contribution in [0.5, 0.6) is 0 Å². The zero-order valence-electron chi connectivity index (χ0n) is 13.9. The normalized spacial score (nSPS) is 11.5. The monoisotopic (exact) mass is 410 g/mol. The Hall–Kier alpha value is -2.13. The molecule has 136 valence electrons. The molecule has 0 radical (unpaired) electrons. The van der Waals surface area contributed by atoms with Gasteiger partial charge in [-0.15, -0.1) is 11.3 Å². The first-order valence-electron chi connectivity index (χ1n) is 7.48. The van der Waals surface area contributed by atoms with E-state index in [0.29, 0.717) is 16.3 Å². The number of hydrogen-bond acceptors (Lipinski definition) is 5. The molecule has 3 aromatic rings. The first kappa shape index (κ1) is 18.7. The van der Waals surface area contributed by atoms with Crippen LogP contribution in [-0.4, -0.2) is 26.6 Å². The number of rotatable bonds is 4. The number of thiophene rings is 1. The van der Waals surface area contributed by atoms with Gasteiger partial charge >= 0.3 is 0 Å². The van der Waals surface area contributed by atoms with E-state index in [1.165, 1.54) is 48.1 Å². The van der Waals surface area contributed by atoms with Crippen molar-refractivity contribution in [1.29, 1.82) is 0 Å². The van der Waals surface area contributed by atoms with Gasteiger partial charge in [-0.2, -0.15) is 0 Å². The van der Waals surface area contributed by atoms with Gasteiger partial charge in [0.05, 0.1) is 5.69 Å². The van der Waals surface area contributed by atoms with Gasteiger partial charge in [-0.25, -0.2) is 13.9 Å². The molecule has 0 saturated heterocycles. The van der Waals surface area contributed by atoms with Crippen LogP contribution in [0.1, 0.15) is 15.9 Å². The summed E-state index contributed by atoms with van der Waals surface area (Å²) >= 11 is 7.21. The average Bonchev–Trinajstić information content (AvgIpc) is 2.97. The van der Waals surface area contributed by atoms with Crippen molar-refractivity contribution in [3.63, 3.8) is 0 Å². The Balaban J connectivity index is 2.02. The number of carbonyl (C=O) groups is 1. The summed E-state index contributed by atoms with van der Waals surface area (Å²) in [5.74, 6) is -0.667. The van der Waals surface area contributed by atoms with Gasteiger partial charge in [-0.1, -0.05) is 11.6 Å². The molecule has 0 unspecified atom stereocenters. The van der Waals surface area contributed by atoms with Crippen LogP contribution in [0.2, 0.25) is 5.02 Å². The fraction of sp³-hybridized carbons (Fsp3) is 0.118. The Labute approximate surface area is 159 Å². The molecule has 3 rings (SSSR count). The standard InChI is InChI=1S/C17H15ClN2O4S2/c1-10-14-9-12(18)5-8-15(14)25-17(10)26(23,24)20(2)13-6-3-11(4-7-13)16(21)19-22/h3-9,22H,1-2H3,(H,19,21). The minimum absolute atomic E-state index is 0.217. The summed E-state index contributed by atoms with van der Waals surface area (Å²) in [5, 5.41) is 10.0. The van der Waals surface area contributed by atoms with Gasteiger partial charge in [0.15, 0.2) is 0 Å². The molecule has 0 aliphatic rings. The van der Waals surface area contributed by atoms with E-state index in [1.54, 1.807) is 25.1 Å². The highest BCUT2D eigenvalue weighted by Crippen LogP contribution is 2.37. The summed E-state index contributed by atoms with van der Waals surface area (Å²) in [4.78, 5) is 11.4. The molecule has 1 amide bonds. The van der Waals surface area contributed by atoms with Gasteiger partial charge in [-0.05, 0) is 60.3 Å². The maximum atomic E-state index is 13.1. The lowest BCUT2D eigenvalue weighted by atomic mass is 10.2. The number of benzene rings is 2. The van der Waals surface area contributed by atoms with E-state index in [1.807, 2.05) is 0 Å². The summed E-state index contributed by atoms with van der Waals surface area (Å²) in [6.45, 7) is 1.75. The van der Waals surface area contributed by atoms with Crippen molar-refractivity contribution < 1.29 is 18.4 Å². The summed E-state index contributed by atoms with van der Waals surface area (Å²) < 4.78 is 28.4. The van der Waals surface area contributed by atoms with Crippen LogP contribution >= 0.6 is 22.9 Å². The van der Waals surface area contributed by atoms with Gasteiger partial charge in [0.2, 0.25) is 0 Å². The van der Waals surface area contributed by atoms with Crippen molar-refractivity contribution >= 4 is 54.6 Å². The van der Waals surface area contributed by atoms with Gasteiger partial charge in [0, 0.05) is 22.3 Å². The number of hydroxylamine groups is 1. The highest BCUT2D eigenvalue weighted by atomic mass is 35.5. The predicted molar refractivity (Wildman–Crippen MR) is 103 cm³/mol. The number of hydrogen-bond donors (Lipinski definition) is 2. The molecule has 2 N–H and O–H groups in total. The topological polar surface area (TPSA) is 86.7 Å². The third-order valence-electron chi connectivity index (χ3n) is 4.04. The molecule has 1 heterocycles. The van der Waals surface area contributed by atoms with Gasteiger partial charge < -0.3 is 0 Å². The Kier molecular flexibility index (Phi) is 4.94. The van der Waals surface area contributed by atoms with Crippen LogP contribution in [-0.2, 0) is 10.0 Å². The highest BCUT2D eigenvalue weighted by Gasteiger charge is 2.27. The van der Waals surface area contributed by atoms with E-state index in [-0.39, 0.29) is 9.77 Å². The number of aryl methyl sites for hydroxylation is 1. The van der Waals surface area contributed by atoms with E-state index in [2.05, 4.69) is 0 Å². The minimum atomic E-state index is -3.78. The number of halogens is 1. The second-order valence-electron chi connectivity index (χ2n) is 5.62. The van der Waals surface area contributed by atoms with Crippen LogP contribution in [0.15, 0.2) is 46.7 Å². The van der Waals surface area contributed by atoms with Gasteiger partial charge in [0.25, 0.3) is 15.9 Å². The van der Waals surface area contributed by atoms with E-state index < -0.39 is 15.9 Å². The van der Waals surface area contributed by atoms with Gasteiger partial charge in [-0.3, -0.25) is 14.3 Å². The quantitative estimate of drug-likeness (QED) is 0.505. The molecule has 0 aliphatic heterocycles. The number of nitrogens with one attached hydrogen (secondary N) is 1. The second-order valence-corrected chi connectivity index (χ2v) is 9.27. The van der Waals surface area contributed by atoms with Crippen molar-refractivity contribution in [1.82, 2.24) is 5.48 Å². The zero-order chi connectivity index (χ0) is 19.1. The number of amides is 1. The van der Waals surface area contributed by atoms with Crippen LogP contribution in [0.4, 0.5) is 5.69 Å². The smallest absolute Gasteiger partial charge is 0.274 e. The lowest BCUT2D eigenvalue weighted by Gasteiger charge is -2.19. The van der Waals surface area contributed by atoms with E-state index in [0.717, 1.165) is 14.4 Å². The lowest BCUT2D eigenvalue weighted by molar-refractivity contribution is 0.0706. The molecule has 0 aliphatic carbocycles. The number of sulfonamides is 1. The Morgan fingerprint density at radius 2 is 1.85 bits per heavy atom. The molecule has 0 fully saturated rings. The number of carbonyl (C=O) groups excluding carboxylic acids is 1. The molecule has 2 aromatic carbocycles. The first-order chi connectivity index (χ1) is 12.3. The predicted octanol–water partition coefficient (Wildman–Crippen LogP) is 3.81. The second kappa shape index (κ2) is 6.88. The molecule has 0 spiro atoms. The molecule has 0 bridgehead atoms. The molecule has 0 saturated carbocycles. The highest BCUT2D eigenvalue weighted by molar-refractivity contribution is 7.95. The van der Waals surface area contributed by atoms with E-state index in [4.69, 9.17) is 16.8 Å². The van der Waals surface area contributed by atoms with Crippen LogP contribution in [0.25, 0.3) is 10.1 Å². The van der Waals surface area contributed by atoms with Crippen molar-refractivity contribution in [2.24, 2.45) is 0 Å². The van der Waals surface area contributed by atoms with E-state index >= 15 is 0 Å². The van der Waals surface area contributed by atoms with Gasteiger partial charge in [0.1, 0.15) is 4.21 Å².